The molecule has 0 bridgehead atoms. The van der Waals surface area contributed by atoms with Crippen molar-refractivity contribution in [2.45, 2.75) is 26.7 Å². The summed E-state index contributed by atoms with van der Waals surface area (Å²) in [4.78, 5) is 4.10. The SMILES string of the molecule is CC(C)C1Cc2cnc(C#N)cc2C1. The number of fused-ring (bicyclic) bond motifs is 1. The summed E-state index contributed by atoms with van der Waals surface area (Å²) in [6.07, 6.45) is 4.12. The van der Waals surface area contributed by atoms with E-state index in [1.165, 1.54) is 11.1 Å². The largest absolute Gasteiger partial charge is 0.245 e. The first kappa shape index (κ1) is 9.21. The van der Waals surface area contributed by atoms with Gasteiger partial charge in [0, 0.05) is 6.20 Å². The number of rotatable bonds is 1. The molecule has 2 rings (SSSR count). The van der Waals surface area contributed by atoms with Crippen molar-refractivity contribution in [1.29, 1.82) is 5.26 Å². The van der Waals surface area contributed by atoms with Gasteiger partial charge in [0.05, 0.1) is 0 Å². The van der Waals surface area contributed by atoms with Gasteiger partial charge in [0.15, 0.2) is 0 Å². The predicted molar refractivity (Wildman–Crippen MR) is 54.7 cm³/mol. The molecule has 0 N–H and O–H groups in total. The molecule has 1 aromatic rings. The lowest BCUT2D eigenvalue weighted by Gasteiger charge is -2.12. The van der Waals surface area contributed by atoms with Gasteiger partial charge >= 0.3 is 0 Å². The molecule has 2 nitrogen and oxygen atoms in total. The molecular weight excluding hydrogens is 172 g/mol. The van der Waals surface area contributed by atoms with E-state index in [0.717, 1.165) is 18.8 Å². The Hall–Kier alpha value is -1.36. The molecule has 0 saturated carbocycles. The quantitative estimate of drug-likeness (QED) is 0.675. The van der Waals surface area contributed by atoms with Gasteiger partial charge < -0.3 is 0 Å². The summed E-state index contributed by atoms with van der Waals surface area (Å²) in [7, 11) is 0. The molecule has 72 valence electrons. The molecular formula is C12H14N2. The third-order valence-corrected chi connectivity index (χ3v) is 3.10. The summed E-state index contributed by atoms with van der Waals surface area (Å²) in [5, 5.41) is 8.73. The average molecular weight is 186 g/mol. The highest BCUT2D eigenvalue weighted by atomic mass is 14.7. The van der Waals surface area contributed by atoms with E-state index in [4.69, 9.17) is 5.26 Å². The van der Waals surface area contributed by atoms with Gasteiger partial charge in [0.25, 0.3) is 0 Å². The minimum Gasteiger partial charge on any atom is -0.245 e. The van der Waals surface area contributed by atoms with Gasteiger partial charge in [-0.2, -0.15) is 5.26 Å². The van der Waals surface area contributed by atoms with Gasteiger partial charge in [-0.1, -0.05) is 13.8 Å². The van der Waals surface area contributed by atoms with Gasteiger partial charge in [-0.25, -0.2) is 4.98 Å². The Morgan fingerprint density at radius 2 is 2.14 bits per heavy atom. The van der Waals surface area contributed by atoms with Crippen LogP contribution in [0, 0.1) is 23.2 Å². The van der Waals surface area contributed by atoms with E-state index in [9.17, 15) is 0 Å². The van der Waals surface area contributed by atoms with Crippen molar-refractivity contribution in [2.75, 3.05) is 0 Å². The lowest BCUT2D eigenvalue weighted by Crippen LogP contribution is -2.07. The van der Waals surface area contributed by atoms with Gasteiger partial charge in [0.1, 0.15) is 11.8 Å². The minimum absolute atomic E-state index is 0.549. The summed E-state index contributed by atoms with van der Waals surface area (Å²) in [5.41, 5.74) is 3.21. The molecule has 0 aliphatic heterocycles. The average Bonchev–Trinajstić information content (AvgIpc) is 2.59. The maximum Gasteiger partial charge on any atom is 0.140 e. The molecule has 2 heteroatoms. The van der Waals surface area contributed by atoms with E-state index in [1.54, 1.807) is 0 Å². The fourth-order valence-electron chi connectivity index (χ4n) is 2.07. The van der Waals surface area contributed by atoms with Crippen molar-refractivity contribution in [3.8, 4) is 6.07 Å². The molecule has 0 radical (unpaired) electrons. The maximum atomic E-state index is 8.73. The second kappa shape index (κ2) is 3.42. The number of hydrogen-bond acceptors (Lipinski definition) is 2. The van der Waals surface area contributed by atoms with E-state index in [0.29, 0.717) is 11.6 Å². The second-order valence-corrected chi connectivity index (χ2v) is 4.36. The van der Waals surface area contributed by atoms with Crippen LogP contribution in [0.4, 0.5) is 0 Å². The molecule has 1 atom stereocenters. The van der Waals surface area contributed by atoms with E-state index >= 15 is 0 Å². The van der Waals surface area contributed by atoms with E-state index in [-0.39, 0.29) is 0 Å². The smallest absolute Gasteiger partial charge is 0.140 e. The fourth-order valence-corrected chi connectivity index (χ4v) is 2.07. The third kappa shape index (κ3) is 1.50. The van der Waals surface area contributed by atoms with Crippen LogP contribution >= 0.6 is 0 Å². The van der Waals surface area contributed by atoms with Crippen LogP contribution in [-0.2, 0) is 12.8 Å². The zero-order valence-corrected chi connectivity index (χ0v) is 8.62. The monoisotopic (exact) mass is 186 g/mol. The molecule has 0 spiro atoms. The highest BCUT2D eigenvalue weighted by Crippen LogP contribution is 2.31. The highest BCUT2D eigenvalue weighted by Gasteiger charge is 2.24. The van der Waals surface area contributed by atoms with Crippen LogP contribution in [0.25, 0.3) is 0 Å². The Balaban J connectivity index is 2.28. The summed E-state index contributed by atoms with van der Waals surface area (Å²) in [5.74, 6) is 1.45. The van der Waals surface area contributed by atoms with Crippen molar-refractivity contribution in [3.05, 3.63) is 29.1 Å². The van der Waals surface area contributed by atoms with Gasteiger partial charge in [-0.05, 0) is 41.9 Å². The Labute approximate surface area is 84.6 Å². The second-order valence-electron chi connectivity index (χ2n) is 4.36. The van der Waals surface area contributed by atoms with E-state index in [2.05, 4.69) is 24.9 Å². The number of nitriles is 1. The summed E-state index contributed by atoms with van der Waals surface area (Å²) >= 11 is 0. The van der Waals surface area contributed by atoms with Crippen LogP contribution in [0.15, 0.2) is 12.3 Å². The minimum atomic E-state index is 0.549. The first-order valence-electron chi connectivity index (χ1n) is 5.08. The molecule has 0 aromatic carbocycles. The first-order valence-corrected chi connectivity index (χ1v) is 5.08. The van der Waals surface area contributed by atoms with Crippen molar-refractivity contribution < 1.29 is 0 Å². The molecule has 1 aliphatic rings. The molecule has 1 aliphatic carbocycles. The fraction of sp³-hybridized carbons (Fsp3) is 0.500. The molecule has 14 heavy (non-hydrogen) atoms. The first-order chi connectivity index (χ1) is 6.70. The normalized spacial score (nSPS) is 19.4. The molecule has 0 fully saturated rings. The molecule has 1 aromatic heterocycles. The van der Waals surface area contributed by atoms with Crippen LogP contribution in [0.3, 0.4) is 0 Å². The zero-order chi connectivity index (χ0) is 10.1. The zero-order valence-electron chi connectivity index (χ0n) is 8.62. The number of nitrogens with zero attached hydrogens (tertiary/aromatic N) is 2. The highest BCUT2D eigenvalue weighted by molar-refractivity contribution is 5.35. The summed E-state index contributed by atoms with van der Waals surface area (Å²) in [6, 6.07) is 4.03. The van der Waals surface area contributed by atoms with Crippen LogP contribution in [0.1, 0.15) is 30.7 Å². The van der Waals surface area contributed by atoms with Crippen LogP contribution < -0.4 is 0 Å². The van der Waals surface area contributed by atoms with Crippen LogP contribution in [0.2, 0.25) is 0 Å². The van der Waals surface area contributed by atoms with Crippen molar-refractivity contribution in [1.82, 2.24) is 4.98 Å². The predicted octanol–water partition coefficient (Wildman–Crippen LogP) is 2.32. The Kier molecular flexibility index (Phi) is 2.25. The molecule has 1 unspecified atom stereocenters. The summed E-state index contributed by atoms with van der Waals surface area (Å²) in [6.45, 7) is 4.52. The maximum absolute atomic E-state index is 8.73. The third-order valence-electron chi connectivity index (χ3n) is 3.10. The van der Waals surface area contributed by atoms with E-state index < -0.39 is 0 Å². The van der Waals surface area contributed by atoms with Crippen LogP contribution in [-0.4, -0.2) is 4.98 Å². The summed E-state index contributed by atoms with van der Waals surface area (Å²) < 4.78 is 0. The number of hydrogen-bond donors (Lipinski definition) is 0. The van der Waals surface area contributed by atoms with Gasteiger partial charge in [-0.15, -0.1) is 0 Å². The number of aromatic nitrogens is 1. The Bertz CT molecular complexity index is 388. The van der Waals surface area contributed by atoms with Crippen molar-refractivity contribution >= 4 is 0 Å². The Morgan fingerprint density at radius 1 is 1.43 bits per heavy atom. The lowest BCUT2D eigenvalue weighted by atomic mass is 9.93. The molecule has 0 saturated heterocycles. The van der Waals surface area contributed by atoms with Crippen molar-refractivity contribution in [2.24, 2.45) is 11.8 Å². The van der Waals surface area contributed by atoms with Crippen LogP contribution in [0.5, 0.6) is 0 Å². The topological polar surface area (TPSA) is 36.7 Å². The van der Waals surface area contributed by atoms with Gasteiger partial charge in [0.2, 0.25) is 0 Å². The molecule has 1 heterocycles. The van der Waals surface area contributed by atoms with E-state index in [1.807, 2.05) is 12.3 Å². The number of pyridine rings is 1. The van der Waals surface area contributed by atoms with Gasteiger partial charge in [-0.3, -0.25) is 0 Å². The lowest BCUT2D eigenvalue weighted by molar-refractivity contribution is 0.404. The van der Waals surface area contributed by atoms with Crippen molar-refractivity contribution in [3.63, 3.8) is 0 Å². The molecule has 0 amide bonds. The standard InChI is InChI=1S/C12H14N2/c1-8(2)9-3-10-5-12(6-13)14-7-11(10)4-9/h5,7-9H,3-4H2,1-2H3. The Morgan fingerprint density at radius 3 is 2.79 bits per heavy atom.